The molecule has 2 aromatic rings. The van der Waals surface area contributed by atoms with Gasteiger partial charge in [-0.15, -0.1) is 0 Å². The van der Waals surface area contributed by atoms with Gasteiger partial charge in [-0.05, 0) is 48.8 Å². The first-order chi connectivity index (χ1) is 9.69. The van der Waals surface area contributed by atoms with Crippen molar-refractivity contribution in [2.75, 3.05) is 13.6 Å². The van der Waals surface area contributed by atoms with E-state index in [0.29, 0.717) is 6.54 Å². The van der Waals surface area contributed by atoms with Gasteiger partial charge >= 0.3 is 0 Å². The molecule has 2 N–H and O–H groups in total. The second kappa shape index (κ2) is 7.58. The molecule has 0 bridgehead atoms. The topological polar surface area (TPSA) is 29.3 Å². The zero-order valence-electron chi connectivity index (χ0n) is 11.8. The molecule has 0 radical (unpaired) electrons. The Morgan fingerprint density at radius 1 is 1.00 bits per heavy atom. The summed E-state index contributed by atoms with van der Waals surface area (Å²) in [5.41, 5.74) is 9.73. The second-order valence-electron chi connectivity index (χ2n) is 5.11. The zero-order chi connectivity index (χ0) is 14.4. The van der Waals surface area contributed by atoms with Crippen LogP contribution in [0.1, 0.15) is 16.7 Å². The molecule has 0 saturated heterocycles. The summed E-state index contributed by atoms with van der Waals surface area (Å²) in [6.45, 7) is 2.59. The molecular weight excluding hydrogens is 312 g/mol. The first-order valence-corrected chi connectivity index (χ1v) is 7.68. The minimum atomic E-state index is 0.701. The maximum atomic E-state index is 5.68. The van der Waals surface area contributed by atoms with Crippen LogP contribution in [0.25, 0.3) is 0 Å². The van der Waals surface area contributed by atoms with Crippen LogP contribution < -0.4 is 5.73 Å². The maximum absolute atomic E-state index is 5.68. The molecular formula is C17H21BrN2. The molecule has 3 heteroatoms. The van der Waals surface area contributed by atoms with Gasteiger partial charge in [0.05, 0.1) is 0 Å². The van der Waals surface area contributed by atoms with Crippen molar-refractivity contribution in [3.05, 3.63) is 69.7 Å². The van der Waals surface area contributed by atoms with Gasteiger partial charge in [0, 0.05) is 17.6 Å². The Labute approximate surface area is 129 Å². The molecule has 0 heterocycles. The van der Waals surface area contributed by atoms with Gasteiger partial charge in [0.25, 0.3) is 0 Å². The normalized spacial score (nSPS) is 11.0. The van der Waals surface area contributed by atoms with Crippen LogP contribution in [0.4, 0.5) is 0 Å². The van der Waals surface area contributed by atoms with Crippen molar-refractivity contribution in [3.8, 4) is 0 Å². The molecule has 106 valence electrons. The largest absolute Gasteiger partial charge is 0.330 e. The monoisotopic (exact) mass is 332 g/mol. The zero-order valence-corrected chi connectivity index (χ0v) is 13.4. The van der Waals surface area contributed by atoms with Crippen LogP contribution in [0.2, 0.25) is 0 Å². The highest BCUT2D eigenvalue weighted by atomic mass is 79.9. The minimum absolute atomic E-state index is 0.701. The Hall–Kier alpha value is -1.16. The third-order valence-corrected chi connectivity index (χ3v) is 3.81. The third kappa shape index (κ3) is 4.44. The van der Waals surface area contributed by atoms with Crippen molar-refractivity contribution in [1.29, 1.82) is 0 Å². The first-order valence-electron chi connectivity index (χ1n) is 6.89. The molecule has 2 nitrogen and oxygen atoms in total. The predicted molar refractivity (Wildman–Crippen MR) is 88.5 cm³/mol. The Morgan fingerprint density at radius 3 is 2.45 bits per heavy atom. The summed E-state index contributed by atoms with van der Waals surface area (Å²) in [5.74, 6) is 0. The molecule has 2 rings (SSSR count). The summed E-state index contributed by atoms with van der Waals surface area (Å²) in [7, 11) is 2.15. The number of benzene rings is 2. The van der Waals surface area contributed by atoms with Gasteiger partial charge in [-0.2, -0.15) is 0 Å². The van der Waals surface area contributed by atoms with Crippen LogP contribution in [-0.4, -0.2) is 18.5 Å². The number of rotatable bonds is 6. The molecule has 0 amide bonds. The van der Waals surface area contributed by atoms with Crippen LogP contribution >= 0.6 is 15.9 Å². The van der Waals surface area contributed by atoms with Crippen molar-refractivity contribution in [3.63, 3.8) is 0 Å². The second-order valence-corrected chi connectivity index (χ2v) is 6.03. The summed E-state index contributed by atoms with van der Waals surface area (Å²) >= 11 is 3.52. The van der Waals surface area contributed by atoms with Gasteiger partial charge in [-0.25, -0.2) is 0 Å². The van der Waals surface area contributed by atoms with Crippen LogP contribution in [0.15, 0.2) is 53.0 Å². The quantitative estimate of drug-likeness (QED) is 0.875. The fourth-order valence-electron chi connectivity index (χ4n) is 2.40. The van der Waals surface area contributed by atoms with Gasteiger partial charge in [0.15, 0.2) is 0 Å². The summed E-state index contributed by atoms with van der Waals surface area (Å²) in [6, 6.07) is 17.0. The lowest BCUT2D eigenvalue weighted by molar-refractivity contribution is 0.318. The van der Waals surface area contributed by atoms with E-state index in [1.165, 1.54) is 16.7 Å². The van der Waals surface area contributed by atoms with Crippen molar-refractivity contribution < 1.29 is 0 Å². The van der Waals surface area contributed by atoms with E-state index in [1.54, 1.807) is 0 Å². The van der Waals surface area contributed by atoms with Crippen molar-refractivity contribution >= 4 is 15.9 Å². The van der Waals surface area contributed by atoms with E-state index < -0.39 is 0 Å². The van der Waals surface area contributed by atoms with Crippen molar-refractivity contribution in [2.45, 2.75) is 19.5 Å². The fourth-order valence-corrected chi connectivity index (χ4v) is 2.85. The van der Waals surface area contributed by atoms with Gasteiger partial charge < -0.3 is 5.73 Å². The molecule has 2 aromatic carbocycles. The molecule has 0 aliphatic heterocycles. The maximum Gasteiger partial charge on any atom is 0.0236 e. The van der Waals surface area contributed by atoms with Crippen LogP contribution in [-0.2, 0) is 19.5 Å². The number of nitrogens with two attached hydrogens (primary N) is 1. The predicted octanol–water partition coefficient (Wildman–Crippen LogP) is 3.58. The highest BCUT2D eigenvalue weighted by Crippen LogP contribution is 2.16. The van der Waals surface area contributed by atoms with Crippen LogP contribution in [0.3, 0.4) is 0 Å². The van der Waals surface area contributed by atoms with E-state index in [4.69, 9.17) is 5.73 Å². The van der Waals surface area contributed by atoms with E-state index in [2.05, 4.69) is 76.4 Å². The number of hydrogen-bond acceptors (Lipinski definition) is 2. The molecule has 0 fully saturated rings. The molecule has 0 spiro atoms. The van der Waals surface area contributed by atoms with Crippen LogP contribution in [0, 0.1) is 0 Å². The van der Waals surface area contributed by atoms with Crippen molar-refractivity contribution in [1.82, 2.24) is 4.90 Å². The number of nitrogens with zero attached hydrogens (tertiary/aromatic N) is 1. The van der Waals surface area contributed by atoms with Gasteiger partial charge in [-0.3, -0.25) is 4.90 Å². The lowest BCUT2D eigenvalue weighted by atomic mass is 10.0. The molecule has 0 atom stereocenters. The minimum Gasteiger partial charge on any atom is -0.330 e. The van der Waals surface area contributed by atoms with Gasteiger partial charge in [0.1, 0.15) is 0 Å². The SMILES string of the molecule is CN(Cc1cccc(Br)c1)Cc1ccccc1CCN. The Morgan fingerprint density at radius 2 is 1.75 bits per heavy atom. The Kier molecular flexibility index (Phi) is 5.77. The van der Waals surface area contributed by atoms with E-state index in [9.17, 15) is 0 Å². The van der Waals surface area contributed by atoms with E-state index in [0.717, 1.165) is 24.0 Å². The standard InChI is InChI=1S/C17H21BrN2/c1-20(12-14-5-4-8-17(18)11-14)13-16-7-3-2-6-15(16)9-10-19/h2-8,11H,9-10,12-13,19H2,1H3. The summed E-state index contributed by atoms with van der Waals surface area (Å²) in [5, 5.41) is 0. The summed E-state index contributed by atoms with van der Waals surface area (Å²) in [6.07, 6.45) is 0.945. The van der Waals surface area contributed by atoms with Crippen LogP contribution in [0.5, 0.6) is 0 Å². The highest BCUT2D eigenvalue weighted by Gasteiger charge is 2.06. The molecule has 0 saturated carbocycles. The molecule has 0 aliphatic carbocycles. The smallest absolute Gasteiger partial charge is 0.0236 e. The van der Waals surface area contributed by atoms with Gasteiger partial charge in [-0.1, -0.05) is 52.3 Å². The Balaban J connectivity index is 2.02. The molecule has 0 aromatic heterocycles. The van der Waals surface area contributed by atoms with Crippen molar-refractivity contribution in [2.24, 2.45) is 5.73 Å². The molecule has 0 aliphatic rings. The molecule has 0 unspecified atom stereocenters. The lowest BCUT2D eigenvalue weighted by Crippen LogP contribution is -2.18. The summed E-state index contributed by atoms with van der Waals surface area (Å²) < 4.78 is 1.13. The summed E-state index contributed by atoms with van der Waals surface area (Å²) in [4.78, 5) is 2.33. The lowest BCUT2D eigenvalue weighted by Gasteiger charge is -2.19. The fraction of sp³-hybridized carbons (Fsp3) is 0.294. The Bertz CT molecular complexity index is 554. The van der Waals surface area contributed by atoms with E-state index >= 15 is 0 Å². The number of halogens is 1. The highest BCUT2D eigenvalue weighted by molar-refractivity contribution is 9.10. The average molecular weight is 333 g/mol. The van der Waals surface area contributed by atoms with E-state index in [-0.39, 0.29) is 0 Å². The van der Waals surface area contributed by atoms with E-state index in [1.807, 2.05) is 0 Å². The molecule has 20 heavy (non-hydrogen) atoms. The van der Waals surface area contributed by atoms with Gasteiger partial charge in [0.2, 0.25) is 0 Å². The third-order valence-electron chi connectivity index (χ3n) is 3.31. The average Bonchev–Trinajstić information content (AvgIpc) is 2.41. The number of hydrogen-bond donors (Lipinski definition) is 1. The first kappa shape index (κ1) is 15.2.